The highest BCUT2D eigenvalue weighted by Crippen LogP contribution is 2.38. The normalized spacial score (nSPS) is 13.8. The molecule has 1 saturated carbocycles. The summed E-state index contributed by atoms with van der Waals surface area (Å²) in [4.78, 5) is 14.3. The van der Waals surface area contributed by atoms with Gasteiger partial charge in [-0.05, 0) is 49.9 Å². The van der Waals surface area contributed by atoms with E-state index in [1.54, 1.807) is 4.52 Å². The van der Waals surface area contributed by atoms with Gasteiger partial charge in [-0.2, -0.15) is 4.52 Å². The van der Waals surface area contributed by atoms with Crippen molar-refractivity contribution in [2.75, 3.05) is 23.8 Å². The molecule has 1 aliphatic rings. The SMILES string of the molecule is Cc1cccc(C)c1NC(=O)CN(C)c1ccc2nnc(C3CC3)n2n1. The van der Waals surface area contributed by atoms with Crippen LogP contribution in [0.25, 0.3) is 5.65 Å². The van der Waals surface area contributed by atoms with E-state index in [1.807, 2.05) is 56.1 Å². The molecular weight excluding hydrogens is 328 g/mol. The quantitative estimate of drug-likeness (QED) is 0.766. The molecule has 0 aliphatic heterocycles. The molecule has 0 saturated heterocycles. The number of nitrogens with one attached hydrogen (secondary N) is 1. The van der Waals surface area contributed by atoms with Crippen LogP contribution >= 0.6 is 0 Å². The summed E-state index contributed by atoms with van der Waals surface area (Å²) in [5, 5.41) is 16.1. The number of likely N-dealkylation sites (N-methyl/N-ethyl adjacent to an activating group) is 1. The largest absolute Gasteiger partial charge is 0.349 e. The number of benzene rings is 1. The molecular formula is C19H22N6O. The van der Waals surface area contributed by atoms with Crippen LogP contribution in [0, 0.1) is 13.8 Å². The van der Waals surface area contributed by atoms with Gasteiger partial charge < -0.3 is 10.2 Å². The molecule has 2 heterocycles. The molecule has 0 unspecified atom stereocenters. The van der Waals surface area contributed by atoms with E-state index in [1.165, 1.54) is 0 Å². The monoisotopic (exact) mass is 350 g/mol. The van der Waals surface area contributed by atoms with Crippen LogP contribution in [0.3, 0.4) is 0 Å². The Morgan fingerprint density at radius 3 is 2.62 bits per heavy atom. The molecule has 1 amide bonds. The minimum absolute atomic E-state index is 0.0713. The number of nitrogens with zero attached hydrogens (tertiary/aromatic N) is 5. The van der Waals surface area contributed by atoms with Crippen LogP contribution in [0.5, 0.6) is 0 Å². The molecule has 1 aromatic carbocycles. The number of aryl methyl sites for hydroxylation is 2. The fraction of sp³-hybridized carbons (Fsp3) is 0.368. The van der Waals surface area contributed by atoms with E-state index in [9.17, 15) is 4.79 Å². The third-order valence-electron chi connectivity index (χ3n) is 4.73. The van der Waals surface area contributed by atoms with Crippen LogP contribution in [0.15, 0.2) is 30.3 Å². The van der Waals surface area contributed by atoms with Crippen LogP contribution in [-0.4, -0.2) is 39.3 Å². The lowest BCUT2D eigenvalue weighted by atomic mass is 10.1. The van der Waals surface area contributed by atoms with Gasteiger partial charge in [-0.25, -0.2) is 0 Å². The number of hydrogen-bond acceptors (Lipinski definition) is 5. The number of aromatic nitrogens is 4. The van der Waals surface area contributed by atoms with Crippen molar-refractivity contribution in [3.63, 3.8) is 0 Å². The van der Waals surface area contributed by atoms with Gasteiger partial charge in [-0.15, -0.1) is 15.3 Å². The second-order valence-electron chi connectivity index (χ2n) is 6.97. The van der Waals surface area contributed by atoms with Gasteiger partial charge in [0.2, 0.25) is 5.91 Å². The number of rotatable bonds is 5. The lowest BCUT2D eigenvalue weighted by molar-refractivity contribution is -0.114. The smallest absolute Gasteiger partial charge is 0.243 e. The molecule has 1 N–H and O–H groups in total. The Balaban J connectivity index is 1.50. The number of para-hydroxylation sites is 1. The molecule has 0 radical (unpaired) electrons. The highest BCUT2D eigenvalue weighted by molar-refractivity contribution is 5.95. The molecule has 3 aromatic rings. The van der Waals surface area contributed by atoms with Gasteiger partial charge in [0.1, 0.15) is 5.82 Å². The Labute approximate surface area is 152 Å². The van der Waals surface area contributed by atoms with Gasteiger partial charge >= 0.3 is 0 Å². The summed E-state index contributed by atoms with van der Waals surface area (Å²) in [5.41, 5.74) is 3.73. The van der Waals surface area contributed by atoms with Gasteiger partial charge in [-0.3, -0.25) is 4.79 Å². The molecule has 134 valence electrons. The summed E-state index contributed by atoms with van der Waals surface area (Å²) in [7, 11) is 1.86. The van der Waals surface area contributed by atoms with Crippen LogP contribution in [0.1, 0.15) is 35.7 Å². The zero-order valence-corrected chi connectivity index (χ0v) is 15.2. The van der Waals surface area contributed by atoms with Crippen molar-refractivity contribution in [3.8, 4) is 0 Å². The van der Waals surface area contributed by atoms with Gasteiger partial charge in [0.15, 0.2) is 11.5 Å². The molecule has 4 rings (SSSR count). The predicted octanol–water partition coefficient (Wildman–Crippen LogP) is 2.69. The number of carbonyl (C=O) groups is 1. The summed E-state index contributed by atoms with van der Waals surface area (Å²) in [6, 6.07) is 9.73. The number of carbonyl (C=O) groups excluding carboxylic acids is 1. The van der Waals surface area contributed by atoms with Crippen molar-refractivity contribution in [1.82, 2.24) is 19.8 Å². The Hall–Kier alpha value is -2.96. The molecule has 0 bridgehead atoms. The number of hydrogen-bond donors (Lipinski definition) is 1. The van der Waals surface area contributed by atoms with E-state index in [-0.39, 0.29) is 12.5 Å². The average molecular weight is 350 g/mol. The van der Waals surface area contributed by atoms with Crippen molar-refractivity contribution in [2.45, 2.75) is 32.6 Å². The first-order chi connectivity index (χ1) is 12.5. The van der Waals surface area contributed by atoms with E-state index in [2.05, 4.69) is 20.6 Å². The molecule has 7 nitrogen and oxygen atoms in total. The Morgan fingerprint density at radius 2 is 1.92 bits per heavy atom. The van der Waals surface area contributed by atoms with E-state index in [0.717, 1.165) is 46.9 Å². The molecule has 7 heteroatoms. The third kappa shape index (κ3) is 3.12. The first-order valence-electron chi connectivity index (χ1n) is 8.82. The topological polar surface area (TPSA) is 75.4 Å². The van der Waals surface area contributed by atoms with Crippen LogP contribution in [-0.2, 0) is 4.79 Å². The number of fused-ring (bicyclic) bond motifs is 1. The standard InChI is InChI=1S/C19H22N6O/c1-12-5-4-6-13(2)18(12)20-17(26)11-24(3)16-10-9-15-21-22-19(14-7-8-14)25(15)23-16/h4-6,9-10,14H,7-8,11H2,1-3H3,(H,20,26). The highest BCUT2D eigenvalue weighted by atomic mass is 16.2. The fourth-order valence-corrected chi connectivity index (χ4v) is 3.08. The van der Waals surface area contributed by atoms with Gasteiger partial charge in [0, 0.05) is 18.7 Å². The summed E-state index contributed by atoms with van der Waals surface area (Å²) in [6.45, 7) is 4.20. The maximum Gasteiger partial charge on any atom is 0.243 e. The molecule has 0 spiro atoms. The van der Waals surface area contributed by atoms with Gasteiger partial charge in [0.25, 0.3) is 0 Å². The second kappa shape index (κ2) is 6.40. The highest BCUT2D eigenvalue weighted by Gasteiger charge is 2.29. The lowest BCUT2D eigenvalue weighted by Crippen LogP contribution is -2.31. The first-order valence-corrected chi connectivity index (χ1v) is 8.82. The van der Waals surface area contributed by atoms with Gasteiger partial charge in [-0.1, -0.05) is 18.2 Å². The number of anilines is 2. The number of amides is 1. The van der Waals surface area contributed by atoms with Crippen molar-refractivity contribution in [1.29, 1.82) is 0 Å². The van der Waals surface area contributed by atoms with Crippen molar-refractivity contribution < 1.29 is 4.79 Å². The van der Waals surface area contributed by atoms with E-state index < -0.39 is 0 Å². The zero-order valence-electron chi connectivity index (χ0n) is 15.2. The molecule has 1 aliphatic carbocycles. The first kappa shape index (κ1) is 16.5. The van der Waals surface area contributed by atoms with Crippen LogP contribution in [0.4, 0.5) is 11.5 Å². The van der Waals surface area contributed by atoms with Crippen LogP contribution < -0.4 is 10.2 Å². The molecule has 0 atom stereocenters. The summed E-state index contributed by atoms with van der Waals surface area (Å²) in [5.74, 6) is 2.02. The Bertz CT molecular complexity index is 955. The van der Waals surface area contributed by atoms with Crippen molar-refractivity contribution in [2.24, 2.45) is 0 Å². The average Bonchev–Trinajstić information content (AvgIpc) is 3.37. The third-order valence-corrected chi connectivity index (χ3v) is 4.73. The maximum absolute atomic E-state index is 12.5. The summed E-state index contributed by atoms with van der Waals surface area (Å²) >= 11 is 0. The second-order valence-corrected chi connectivity index (χ2v) is 6.97. The van der Waals surface area contributed by atoms with E-state index >= 15 is 0 Å². The minimum Gasteiger partial charge on any atom is -0.349 e. The Kier molecular flexibility index (Phi) is 4.06. The lowest BCUT2D eigenvalue weighted by Gasteiger charge is -2.19. The summed E-state index contributed by atoms with van der Waals surface area (Å²) in [6.07, 6.45) is 2.28. The Morgan fingerprint density at radius 1 is 1.19 bits per heavy atom. The van der Waals surface area contributed by atoms with E-state index in [0.29, 0.717) is 5.92 Å². The van der Waals surface area contributed by atoms with E-state index in [4.69, 9.17) is 0 Å². The zero-order chi connectivity index (χ0) is 18.3. The van der Waals surface area contributed by atoms with Crippen LogP contribution in [0.2, 0.25) is 0 Å². The van der Waals surface area contributed by atoms with Gasteiger partial charge in [0.05, 0.1) is 6.54 Å². The van der Waals surface area contributed by atoms with Crippen molar-refractivity contribution >= 4 is 23.1 Å². The predicted molar refractivity (Wildman–Crippen MR) is 101 cm³/mol. The molecule has 26 heavy (non-hydrogen) atoms. The molecule has 1 fully saturated rings. The summed E-state index contributed by atoms with van der Waals surface area (Å²) < 4.78 is 1.80. The van der Waals surface area contributed by atoms with Crippen molar-refractivity contribution in [3.05, 3.63) is 47.3 Å². The molecule has 2 aromatic heterocycles. The fourth-order valence-electron chi connectivity index (χ4n) is 3.08. The minimum atomic E-state index is -0.0713. The maximum atomic E-state index is 12.5.